The summed E-state index contributed by atoms with van der Waals surface area (Å²) in [6, 6.07) is 7.78. The number of aliphatic hydroxyl groups is 1. The van der Waals surface area contributed by atoms with Crippen molar-refractivity contribution in [3.8, 4) is 5.75 Å². The van der Waals surface area contributed by atoms with Gasteiger partial charge in [0.05, 0.1) is 6.61 Å². The predicted octanol–water partition coefficient (Wildman–Crippen LogP) is 1.54. The van der Waals surface area contributed by atoms with E-state index in [0.29, 0.717) is 6.61 Å². The Bertz CT molecular complexity index is 394. The fraction of sp³-hybridized carbons (Fsp3) is 0.200. The minimum absolute atomic E-state index is 0.0468. The maximum absolute atomic E-state index is 8.57. The van der Waals surface area contributed by atoms with E-state index in [9.17, 15) is 0 Å². The van der Waals surface area contributed by atoms with E-state index >= 15 is 0 Å². The largest absolute Gasteiger partial charge is 0.491 e. The summed E-state index contributed by atoms with van der Waals surface area (Å²) in [5, 5.41) is 9.69. The zero-order valence-corrected chi connectivity index (χ0v) is 7.16. The number of H-pyrrole nitrogens is 1. The topological polar surface area (TPSA) is 45.2 Å². The van der Waals surface area contributed by atoms with Crippen molar-refractivity contribution < 1.29 is 9.84 Å². The van der Waals surface area contributed by atoms with Crippen molar-refractivity contribution >= 4 is 10.9 Å². The predicted molar refractivity (Wildman–Crippen MR) is 50.9 cm³/mol. The number of ether oxygens (including phenoxy) is 1. The molecule has 0 bridgehead atoms. The van der Waals surface area contributed by atoms with E-state index in [1.165, 1.54) is 0 Å². The smallest absolute Gasteiger partial charge is 0.120 e. The number of rotatable bonds is 3. The summed E-state index contributed by atoms with van der Waals surface area (Å²) in [7, 11) is 0. The molecule has 1 aromatic carbocycles. The third-order valence-electron chi connectivity index (χ3n) is 1.88. The zero-order chi connectivity index (χ0) is 9.10. The standard InChI is InChI=1S/C10H11NO2/c12-5-6-13-9-1-2-10-8(7-9)3-4-11-10/h1-4,7,11-12H,5-6H2. The van der Waals surface area contributed by atoms with Crippen LogP contribution in [0.25, 0.3) is 10.9 Å². The summed E-state index contributed by atoms with van der Waals surface area (Å²) in [6.07, 6.45) is 1.89. The number of fused-ring (bicyclic) bond motifs is 1. The minimum Gasteiger partial charge on any atom is -0.491 e. The number of benzene rings is 1. The highest BCUT2D eigenvalue weighted by Gasteiger charge is 1.96. The Labute approximate surface area is 76.0 Å². The first-order valence-corrected chi connectivity index (χ1v) is 4.21. The number of hydrogen-bond donors (Lipinski definition) is 2. The van der Waals surface area contributed by atoms with Crippen LogP contribution < -0.4 is 4.74 Å². The molecule has 0 saturated heterocycles. The second kappa shape index (κ2) is 3.49. The summed E-state index contributed by atoms with van der Waals surface area (Å²) < 4.78 is 5.27. The number of nitrogens with one attached hydrogen (secondary N) is 1. The molecule has 1 aromatic heterocycles. The third-order valence-corrected chi connectivity index (χ3v) is 1.88. The van der Waals surface area contributed by atoms with Gasteiger partial charge < -0.3 is 14.8 Å². The van der Waals surface area contributed by atoms with Gasteiger partial charge in [-0.1, -0.05) is 0 Å². The maximum atomic E-state index is 8.57. The van der Waals surface area contributed by atoms with Crippen molar-refractivity contribution in [2.24, 2.45) is 0 Å². The van der Waals surface area contributed by atoms with Crippen molar-refractivity contribution in [1.29, 1.82) is 0 Å². The molecule has 2 rings (SSSR count). The van der Waals surface area contributed by atoms with Crippen molar-refractivity contribution in [2.45, 2.75) is 0 Å². The average molecular weight is 177 g/mol. The lowest BCUT2D eigenvalue weighted by Gasteiger charge is -2.03. The second-order valence-corrected chi connectivity index (χ2v) is 2.80. The molecular formula is C10H11NO2. The van der Waals surface area contributed by atoms with Crippen LogP contribution in [0.15, 0.2) is 30.5 Å². The SMILES string of the molecule is OCCOc1ccc2[nH]ccc2c1. The van der Waals surface area contributed by atoms with Gasteiger partial charge in [0.2, 0.25) is 0 Å². The number of aliphatic hydroxyl groups excluding tert-OH is 1. The van der Waals surface area contributed by atoms with Gasteiger partial charge in [0.1, 0.15) is 12.4 Å². The molecule has 0 amide bonds. The molecule has 0 atom stereocenters. The second-order valence-electron chi connectivity index (χ2n) is 2.80. The van der Waals surface area contributed by atoms with Crippen LogP contribution in [0.4, 0.5) is 0 Å². The van der Waals surface area contributed by atoms with Crippen LogP contribution in [0, 0.1) is 0 Å². The molecule has 2 aromatic rings. The number of aromatic nitrogens is 1. The molecule has 0 fully saturated rings. The van der Waals surface area contributed by atoms with Crippen molar-refractivity contribution in [3.63, 3.8) is 0 Å². The van der Waals surface area contributed by atoms with E-state index in [1.807, 2.05) is 30.5 Å². The molecule has 0 saturated carbocycles. The lowest BCUT2D eigenvalue weighted by atomic mass is 10.2. The van der Waals surface area contributed by atoms with E-state index in [1.54, 1.807) is 0 Å². The summed E-state index contributed by atoms with van der Waals surface area (Å²) in [5.74, 6) is 0.793. The van der Waals surface area contributed by atoms with Gasteiger partial charge in [-0.15, -0.1) is 0 Å². The summed E-state index contributed by atoms with van der Waals surface area (Å²) in [5.41, 5.74) is 1.09. The van der Waals surface area contributed by atoms with Crippen LogP contribution in [-0.2, 0) is 0 Å². The van der Waals surface area contributed by atoms with Gasteiger partial charge in [0, 0.05) is 17.1 Å². The molecule has 0 aliphatic rings. The Morgan fingerprint density at radius 1 is 1.31 bits per heavy atom. The molecule has 0 aliphatic heterocycles. The molecular weight excluding hydrogens is 166 g/mol. The van der Waals surface area contributed by atoms with E-state index in [0.717, 1.165) is 16.7 Å². The Hall–Kier alpha value is -1.48. The van der Waals surface area contributed by atoms with Crippen LogP contribution >= 0.6 is 0 Å². The Balaban J connectivity index is 2.26. The Morgan fingerprint density at radius 2 is 2.23 bits per heavy atom. The van der Waals surface area contributed by atoms with Crippen molar-refractivity contribution in [2.75, 3.05) is 13.2 Å². The molecule has 0 aliphatic carbocycles. The van der Waals surface area contributed by atoms with Crippen LogP contribution in [0.3, 0.4) is 0 Å². The van der Waals surface area contributed by atoms with E-state index in [-0.39, 0.29) is 6.61 Å². The fourth-order valence-corrected chi connectivity index (χ4v) is 1.28. The summed E-state index contributed by atoms with van der Waals surface area (Å²) in [4.78, 5) is 3.10. The molecule has 1 heterocycles. The summed E-state index contributed by atoms with van der Waals surface area (Å²) >= 11 is 0. The molecule has 3 nitrogen and oxygen atoms in total. The van der Waals surface area contributed by atoms with Gasteiger partial charge in [-0.25, -0.2) is 0 Å². The summed E-state index contributed by atoms with van der Waals surface area (Å²) in [6.45, 7) is 0.390. The highest BCUT2D eigenvalue weighted by molar-refractivity contribution is 5.80. The minimum atomic E-state index is 0.0468. The van der Waals surface area contributed by atoms with E-state index < -0.39 is 0 Å². The molecule has 68 valence electrons. The molecule has 0 unspecified atom stereocenters. The molecule has 2 N–H and O–H groups in total. The van der Waals surface area contributed by atoms with Crippen LogP contribution in [0.1, 0.15) is 0 Å². The van der Waals surface area contributed by atoms with Crippen molar-refractivity contribution in [3.05, 3.63) is 30.5 Å². The van der Waals surface area contributed by atoms with Gasteiger partial charge in [0.15, 0.2) is 0 Å². The maximum Gasteiger partial charge on any atom is 0.120 e. The fourth-order valence-electron chi connectivity index (χ4n) is 1.28. The quantitative estimate of drug-likeness (QED) is 0.747. The van der Waals surface area contributed by atoms with Gasteiger partial charge in [-0.3, -0.25) is 0 Å². The average Bonchev–Trinajstić information content (AvgIpc) is 2.61. The highest BCUT2D eigenvalue weighted by Crippen LogP contribution is 2.19. The molecule has 3 heteroatoms. The molecule has 13 heavy (non-hydrogen) atoms. The normalized spacial score (nSPS) is 10.5. The lowest BCUT2D eigenvalue weighted by molar-refractivity contribution is 0.201. The van der Waals surface area contributed by atoms with Crippen LogP contribution in [0.2, 0.25) is 0 Å². The van der Waals surface area contributed by atoms with Crippen LogP contribution in [-0.4, -0.2) is 23.3 Å². The van der Waals surface area contributed by atoms with Crippen molar-refractivity contribution in [1.82, 2.24) is 4.98 Å². The number of hydrogen-bond acceptors (Lipinski definition) is 2. The van der Waals surface area contributed by atoms with Gasteiger partial charge >= 0.3 is 0 Å². The van der Waals surface area contributed by atoms with E-state index in [4.69, 9.17) is 9.84 Å². The third kappa shape index (κ3) is 1.65. The van der Waals surface area contributed by atoms with Crippen LogP contribution in [0.5, 0.6) is 5.75 Å². The zero-order valence-electron chi connectivity index (χ0n) is 7.16. The van der Waals surface area contributed by atoms with Gasteiger partial charge in [-0.05, 0) is 24.3 Å². The first kappa shape index (κ1) is 8.13. The first-order valence-electron chi connectivity index (χ1n) is 4.21. The Morgan fingerprint density at radius 3 is 3.08 bits per heavy atom. The molecule has 0 spiro atoms. The Kier molecular flexibility index (Phi) is 2.19. The highest BCUT2D eigenvalue weighted by atomic mass is 16.5. The number of aromatic amines is 1. The van der Waals surface area contributed by atoms with Gasteiger partial charge in [0.25, 0.3) is 0 Å². The first-order chi connectivity index (χ1) is 6.40. The lowest BCUT2D eigenvalue weighted by Crippen LogP contribution is -2.01. The van der Waals surface area contributed by atoms with Gasteiger partial charge in [-0.2, -0.15) is 0 Å². The van der Waals surface area contributed by atoms with E-state index in [2.05, 4.69) is 4.98 Å². The monoisotopic (exact) mass is 177 g/mol. The molecule has 0 radical (unpaired) electrons.